The Balaban J connectivity index is 1.07. The fraction of sp³-hybridized carbons (Fsp3) is 0.448. The van der Waals surface area contributed by atoms with Gasteiger partial charge in [0.2, 0.25) is 0 Å². The highest BCUT2D eigenvalue weighted by molar-refractivity contribution is 5.91. The lowest BCUT2D eigenvalue weighted by atomic mass is 9.94. The third-order valence-electron chi connectivity index (χ3n) is 7.40. The number of halogens is 4. The van der Waals surface area contributed by atoms with Crippen LogP contribution in [-0.2, 0) is 24.3 Å². The minimum absolute atomic E-state index is 0.00311. The molecule has 1 aliphatic heterocycles. The number of ether oxygens (including phenoxy) is 1. The van der Waals surface area contributed by atoms with Gasteiger partial charge in [-0.05, 0) is 75.4 Å². The predicted molar refractivity (Wildman–Crippen MR) is 150 cm³/mol. The summed E-state index contributed by atoms with van der Waals surface area (Å²) in [5.74, 6) is -1.27. The summed E-state index contributed by atoms with van der Waals surface area (Å²) in [5, 5.41) is 20.1. The SMILES string of the molecule is Cc1ccc(OC(F)(F)F)cc1CNC(=O)c1cn(CCCCc2cc3cc(C4CN(C(=O)C(C)(C)F)C4)[nH]c3nn2)nn1. The maximum atomic E-state index is 13.9. The number of H-pyrrole nitrogens is 1. The Labute approximate surface area is 250 Å². The van der Waals surface area contributed by atoms with Crippen LogP contribution in [-0.4, -0.2) is 72.0 Å². The molecule has 4 aromatic rings. The molecule has 2 N–H and O–H groups in total. The van der Waals surface area contributed by atoms with Crippen LogP contribution in [0.2, 0.25) is 0 Å². The topological polar surface area (TPSA) is 131 Å². The van der Waals surface area contributed by atoms with Crippen LogP contribution in [0.3, 0.4) is 0 Å². The lowest BCUT2D eigenvalue weighted by Gasteiger charge is -2.40. The number of carbonyl (C=O) groups excluding carboxylic acids is 2. The van der Waals surface area contributed by atoms with E-state index in [2.05, 4.69) is 35.5 Å². The van der Waals surface area contributed by atoms with Crippen LogP contribution in [0.15, 0.2) is 36.5 Å². The van der Waals surface area contributed by atoms with E-state index in [-0.39, 0.29) is 23.9 Å². The number of aryl methyl sites for hydroxylation is 3. The Hall–Kier alpha value is -4.56. The van der Waals surface area contributed by atoms with Gasteiger partial charge in [-0.25, -0.2) is 4.39 Å². The smallest absolute Gasteiger partial charge is 0.406 e. The van der Waals surface area contributed by atoms with Crippen molar-refractivity contribution in [1.29, 1.82) is 0 Å². The third-order valence-corrected chi connectivity index (χ3v) is 7.40. The van der Waals surface area contributed by atoms with E-state index in [1.54, 1.807) is 11.6 Å². The molecule has 0 unspecified atom stereocenters. The van der Waals surface area contributed by atoms with Gasteiger partial charge >= 0.3 is 6.36 Å². The highest BCUT2D eigenvalue weighted by Gasteiger charge is 2.40. The molecule has 1 saturated heterocycles. The first-order valence-electron chi connectivity index (χ1n) is 14.1. The number of unbranched alkanes of at least 4 members (excludes halogenated alkanes) is 1. The standard InChI is InChI=1S/C29H32F4N8O3/c1-17-7-8-22(44-29(31,32)33)11-19(17)13-34-26(42)24-16-41(39-37-24)9-5-4-6-21-10-18-12-23(35-25(18)38-36-21)20-14-40(15-20)27(43)28(2,3)30/h7-8,10-12,16,20H,4-6,9,13-15H2,1-3H3,(H,34,42)(H,35,38). The zero-order chi connectivity index (χ0) is 31.6. The van der Waals surface area contributed by atoms with Crippen molar-refractivity contribution in [2.75, 3.05) is 13.1 Å². The van der Waals surface area contributed by atoms with E-state index in [9.17, 15) is 27.2 Å². The van der Waals surface area contributed by atoms with Gasteiger partial charge in [0.05, 0.1) is 11.9 Å². The Bertz CT molecular complexity index is 1650. The average molecular weight is 617 g/mol. The molecule has 0 aliphatic carbocycles. The van der Waals surface area contributed by atoms with Gasteiger partial charge in [0, 0.05) is 43.2 Å². The number of aromatic nitrogens is 6. The fourth-order valence-electron chi connectivity index (χ4n) is 4.95. The van der Waals surface area contributed by atoms with Crippen LogP contribution in [0, 0.1) is 6.92 Å². The Morgan fingerprint density at radius 2 is 1.84 bits per heavy atom. The van der Waals surface area contributed by atoms with Crippen LogP contribution < -0.4 is 10.1 Å². The maximum absolute atomic E-state index is 13.9. The fourth-order valence-corrected chi connectivity index (χ4v) is 4.95. The first-order chi connectivity index (χ1) is 20.7. The van der Waals surface area contributed by atoms with E-state index in [0.29, 0.717) is 42.8 Å². The van der Waals surface area contributed by atoms with Gasteiger partial charge < -0.3 is 19.9 Å². The molecule has 0 saturated carbocycles. The third kappa shape index (κ3) is 7.50. The van der Waals surface area contributed by atoms with Gasteiger partial charge in [0.15, 0.2) is 17.0 Å². The van der Waals surface area contributed by atoms with Crippen molar-refractivity contribution in [3.05, 3.63) is 64.7 Å². The molecular formula is C29H32F4N8O3. The normalized spacial score (nSPS) is 14.1. The zero-order valence-corrected chi connectivity index (χ0v) is 24.4. The van der Waals surface area contributed by atoms with Gasteiger partial charge in [-0.3, -0.25) is 14.3 Å². The Kier molecular flexibility index (Phi) is 8.57. The summed E-state index contributed by atoms with van der Waals surface area (Å²) >= 11 is 0. The number of carbonyl (C=O) groups is 2. The van der Waals surface area contributed by atoms with Crippen LogP contribution >= 0.6 is 0 Å². The highest BCUT2D eigenvalue weighted by atomic mass is 19.4. The molecule has 3 aromatic heterocycles. The van der Waals surface area contributed by atoms with E-state index < -0.39 is 23.8 Å². The molecule has 234 valence electrons. The number of alkyl halides is 4. The van der Waals surface area contributed by atoms with Gasteiger partial charge in [-0.2, -0.15) is 5.10 Å². The number of fused-ring (bicyclic) bond motifs is 1. The largest absolute Gasteiger partial charge is 0.573 e. The van der Waals surface area contributed by atoms with Crippen LogP contribution in [0.4, 0.5) is 17.6 Å². The van der Waals surface area contributed by atoms with Crippen LogP contribution in [0.1, 0.15) is 65.6 Å². The molecule has 0 atom stereocenters. The quantitative estimate of drug-likeness (QED) is 0.189. The molecule has 44 heavy (non-hydrogen) atoms. The number of nitrogens with one attached hydrogen (secondary N) is 2. The number of hydrogen-bond donors (Lipinski definition) is 2. The van der Waals surface area contributed by atoms with Gasteiger partial charge in [0.25, 0.3) is 11.8 Å². The number of nitrogens with zero attached hydrogens (tertiary/aromatic N) is 6. The molecule has 1 aromatic carbocycles. The number of hydrogen-bond acceptors (Lipinski definition) is 7. The second kappa shape index (κ2) is 12.2. The van der Waals surface area contributed by atoms with Gasteiger partial charge in [0.1, 0.15) is 5.75 Å². The highest BCUT2D eigenvalue weighted by Crippen LogP contribution is 2.31. The lowest BCUT2D eigenvalue weighted by Crippen LogP contribution is -2.54. The average Bonchev–Trinajstić information content (AvgIpc) is 3.56. The molecule has 2 amide bonds. The summed E-state index contributed by atoms with van der Waals surface area (Å²) in [5.41, 5.74) is 1.82. The van der Waals surface area contributed by atoms with Crippen molar-refractivity contribution in [3.8, 4) is 5.75 Å². The monoisotopic (exact) mass is 616 g/mol. The minimum Gasteiger partial charge on any atom is -0.406 e. The minimum atomic E-state index is -4.80. The summed E-state index contributed by atoms with van der Waals surface area (Å²) in [7, 11) is 0. The first kappa shape index (κ1) is 30.9. The van der Waals surface area contributed by atoms with Crippen molar-refractivity contribution in [2.24, 2.45) is 0 Å². The summed E-state index contributed by atoms with van der Waals surface area (Å²) in [4.78, 5) is 29.4. The van der Waals surface area contributed by atoms with Crippen LogP contribution in [0.25, 0.3) is 11.0 Å². The molecule has 15 heteroatoms. The molecule has 4 heterocycles. The summed E-state index contributed by atoms with van der Waals surface area (Å²) < 4.78 is 57.0. The molecule has 0 radical (unpaired) electrons. The van der Waals surface area contributed by atoms with Crippen LogP contribution in [0.5, 0.6) is 5.75 Å². The molecule has 1 fully saturated rings. The predicted octanol–water partition coefficient (Wildman–Crippen LogP) is 4.38. The van der Waals surface area contributed by atoms with E-state index in [1.807, 2.05) is 12.1 Å². The summed E-state index contributed by atoms with van der Waals surface area (Å²) in [6.45, 7) is 5.68. The second-order valence-electron chi connectivity index (χ2n) is 11.4. The Morgan fingerprint density at radius 3 is 2.57 bits per heavy atom. The van der Waals surface area contributed by atoms with Crippen molar-refractivity contribution >= 4 is 22.8 Å². The first-order valence-corrected chi connectivity index (χ1v) is 14.1. The molecule has 1 aliphatic rings. The number of rotatable bonds is 11. The maximum Gasteiger partial charge on any atom is 0.573 e. The summed E-state index contributed by atoms with van der Waals surface area (Å²) in [6.07, 6.45) is -1.08. The zero-order valence-electron chi connectivity index (χ0n) is 24.4. The Morgan fingerprint density at radius 1 is 1.07 bits per heavy atom. The van der Waals surface area contributed by atoms with E-state index in [1.165, 1.54) is 43.1 Å². The molecule has 0 bridgehead atoms. The van der Waals surface area contributed by atoms with E-state index >= 15 is 0 Å². The molecule has 11 nitrogen and oxygen atoms in total. The molecule has 5 rings (SSSR count). The van der Waals surface area contributed by atoms with E-state index in [0.717, 1.165) is 29.6 Å². The molecule has 0 spiro atoms. The van der Waals surface area contributed by atoms with E-state index in [4.69, 9.17) is 0 Å². The van der Waals surface area contributed by atoms with Gasteiger partial charge in [-0.15, -0.1) is 23.4 Å². The van der Waals surface area contributed by atoms with Gasteiger partial charge in [-0.1, -0.05) is 11.3 Å². The second-order valence-corrected chi connectivity index (χ2v) is 11.4. The lowest BCUT2D eigenvalue weighted by molar-refractivity contribution is -0.274. The molecular weight excluding hydrogens is 584 g/mol. The van der Waals surface area contributed by atoms with Crippen molar-refractivity contribution < 1.29 is 31.9 Å². The number of amides is 2. The number of likely N-dealkylation sites (tertiary alicyclic amines) is 1. The van der Waals surface area contributed by atoms with Crippen molar-refractivity contribution in [2.45, 2.75) is 71.1 Å². The van der Waals surface area contributed by atoms with Crippen molar-refractivity contribution in [3.63, 3.8) is 0 Å². The van der Waals surface area contributed by atoms with Crippen molar-refractivity contribution in [1.82, 2.24) is 40.4 Å². The number of benzene rings is 1. The number of aromatic amines is 1. The summed E-state index contributed by atoms with van der Waals surface area (Å²) in [6, 6.07) is 7.91.